The third kappa shape index (κ3) is 8.91. The molecule has 1 aliphatic rings. The molecule has 1 aliphatic carbocycles. The molecule has 1 fully saturated rings. The van der Waals surface area contributed by atoms with Crippen molar-refractivity contribution < 1.29 is 14.3 Å². The van der Waals surface area contributed by atoms with Gasteiger partial charge in [-0.15, -0.1) is 6.42 Å². The minimum atomic E-state index is -0.447. The first-order valence-electron chi connectivity index (χ1n) is 8.16. The molecular formula is C17H30N2O3. The molecule has 5 heteroatoms. The molecule has 1 saturated carbocycles. The van der Waals surface area contributed by atoms with Gasteiger partial charge in [-0.3, -0.25) is 0 Å². The van der Waals surface area contributed by atoms with Crippen LogP contribution < -0.4 is 10.6 Å². The van der Waals surface area contributed by atoms with Gasteiger partial charge in [-0.1, -0.05) is 5.92 Å². The van der Waals surface area contributed by atoms with Gasteiger partial charge in [-0.05, 0) is 59.4 Å². The summed E-state index contributed by atoms with van der Waals surface area (Å²) in [4.78, 5) is 11.7. The van der Waals surface area contributed by atoms with Crippen molar-refractivity contribution in [1.29, 1.82) is 0 Å². The molecule has 22 heavy (non-hydrogen) atoms. The lowest BCUT2D eigenvalue weighted by atomic mass is 9.93. The number of terminal acetylenes is 1. The third-order valence-electron chi connectivity index (χ3n) is 3.47. The number of carbonyl (C=O) groups is 1. The number of nitrogens with one attached hydrogen (secondary N) is 2. The van der Waals surface area contributed by atoms with Crippen LogP contribution in [-0.2, 0) is 9.47 Å². The van der Waals surface area contributed by atoms with Crippen molar-refractivity contribution in [3.05, 3.63) is 0 Å². The number of carbonyl (C=O) groups excluding carboxylic acids is 1. The first-order valence-corrected chi connectivity index (χ1v) is 8.16. The summed E-state index contributed by atoms with van der Waals surface area (Å²) >= 11 is 0. The normalized spacial score (nSPS) is 21.9. The van der Waals surface area contributed by atoms with Gasteiger partial charge in [0.25, 0.3) is 0 Å². The number of alkyl carbamates (subject to hydrolysis) is 1. The summed E-state index contributed by atoms with van der Waals surface area (Å²) in [7, 11) is 0. The van der Waals surface area contributed by atoms with Gasteiger partial charge in [0.2, 0.25) is 0 Å². The Labute approximate surface area is 134 Å². The van der Waals surface area contributed by atoms with Crippen LogP contribution >= 0.6 is 0 Å². The third-order valence-corrected chi connectivity index (χ3v) is 3.47. The van der Waals surface area contributed by atoms with Crippen molar-refractivity contribution in [3.8, 4) is 12.3 Å². The minimum Gasteiger partial charge on any atom is -0.444 e. The van der Waals surface area contributed by atoms with Gasteiger partial charge in [0, 0.05) is 12.6 Å². The van der Waals surface area contributed by atoms with Crippen LogP contribution in [0.4, 0.5) is 4.79 Å². The highest BCUT2D eigenvalue weighted by molar-refractivity contribution is 5.68. The van der Waals surface area contributed by atoms with Crippen LogP contribution in [0.5, 0.6) is 0 Å². The van der Waals surface area contributed by atoms with E-state index in [9.17, 15) is 4.79 Å². The number of hydrogen-bond donors (Lipinski definition) is 2. The molecule has 0 atom stereocenters. The second-order valence-corrected chi connectivity index (χ2v) is 6.73. The van der Waals surface area contributed by atoms with Gasteiger partial charge in [0.15, 0.2) is 0 Å². The number of rotatable bonds is 7. The number of ether oxygens (including phenoxy) is 2. The second-order valence-electron chi connectivity index (χ2n) is 6.73. The number of amides is 1. The fraction of sp³-hybridized carbons (Fsp3) is 0.824. The highest BCUT2D eigenvalue weighted by atomic mass is 16.6. The van der Waals surface area contributed by atoms with Gasteiger partial charge in [0.1, 0.15) is 5.60 Å². The van der Waals surface area contributed by atoms with Crippen LogP contribution in [0, 0.1) is 12.3 Å². The maximum atomic E-state index is 11.7. The second kappa shape index (κ2) is 9.70. The Hall–Kier alpha value is -1.25. The van der Waals surface area contributed by atoms with Crippen LogP contribution in [0.2, 0.25) is 0 Å². The highest BCUT2D eigenvalue weighted by Crippen LogP contribution is 2.21. The monoisotopic (exact) mass is 310 g/mol. The molecule has 5 nitrogen and oxygen atoms in total. The quantitative estimate of drug-likeness (QED) is 0.560. The first-order chi connectivity index (χ1) is 10.4. The molecule has 0 aromatic rings. The Kier molecular flexibility index (Phi) is 8.29. The van der Waals surface area contributed by atoms with E-state index < -0.39 is 5.60 Å². The molecule has 0 aromatic carbocycles. The van der Waals surface area contributed by atoms with E-state index in [0.717, 1.165) is 45.3 Å². The average molecular weight is 310 g/mol. The smallest absolute Gasteiger partial charge is 0.407 e. The number of hydrogen-bond acceptors (Lipinski definition) is 4. The predicted octanol–water partition coefficient (Wildman–Crippen LogP) is 2.45. The zero-order chi connectivity index (χ0) is 16.4. The molecule has 0 spiro atoms. The lowest BCUT2D eigenvalue weighted by molar-refractivity contribution is 0.0171. The molecule has 0 unspecified atom stereocenters. The predicted molar refractivity (Wildman–Crippen MR) is 87.7 cm³/mol. The lowest BCUT2D eigenvalue weighted by Crippen LogP contribution is -2.41. The average Bonchev–Trinajstić information content (AvgIpc) is 2.42. The van der Waals surface area contributed by atoms with E-state index in [2.05, 4.69) is 16.6 Å². The van der Waals surface area contributed by atoms with Crippen LogP contribution in [-0.4, -0.2) is 43.5 Å². The van der Waals surface area contributed by atoms with E-state index in [0.29, 0.717) is 12.6 Å². The molecule has 1 amide bonds. The van der Waals surface area contributed by atoms with E-state index in [1.54, 1.807) is 0 Å². The van der Waals surface area contributed by atoms with Crippen LogP contribution in [0.3, 0.4) is 0 Å². The van der Waals surface area contributed by atoms with Gasteiger partial charge >= 0.3 is 6.09 Å². The fourth-order valence-electron chi connectivity index (χ4n) is 2.46. The summed E-state index contributed by atoms with van der Waals surface area (Å²) in [5.74, 6) is 2.55. The Morgan fingerprint density at radius 1 is 1.27 bits per heavy atom. The SMILES string of the molecule is C#CCNCCCOC1CCC(NC(=O)OC(C)(C)C)CC1. The molecule has 0 radical (unpaired) electrons. The topological polar surface area (TPSA) is 59.6 Å². The van der Waals surface area contributed by atoms with E-state index >= 15 is 0 Å². The summed E-state index contributed by atoms with van der Waals surface area (Å²) in [6, 6.07) is 0.201. The summed E-state index contributed by atoms with van der Waals surface area (Å²) in [5.41, 5.74) is -0.447. The van der Waals surface area contributed by atoms with Crippen LogP contribution in [0.1, 0.15) is 52.9 Å². The van der Waals surface area contributed by atoms with Gasteiger partial charge in [0.05, 0.1) is 12.6 Å². The van der Waals surface area contributed by atoms with Crippen molar-refractivity contribution in [2.24, 2.45) is 0 Å². The van der Waals surface area contributed by atoms with E-state index in [4.69, 9.17) is 15.9 Å². The molecule has 0 aliphatic heterocycles. The van der Waals surface area contributed by atoms with Crippen molar-refractivity contribution in [3.63, 3.8) is 0 Å². The minimum absolute atomic E-state index is 0.201. The summed E-state index contributed by atoms with van der Waals surface area (Å²) in [6.45, 7) is 7.87. The van der Waals surface area contributed by atoms with E-state index in [1.807, 2.05) is 20.8 Å². The molecule has 2 N–H and O–H groups in total. The zero-order valence-electron chi connectivity index (χ0n) is 14.1. The molecule has 0 saturated heterocycles. The van der Waals surface area contributed by atoms with E-state index in [-0.39, 0.29) is 12.1 Å². The lowest BCUT2D eigenvalue weighted by Gasteiger charge is -2.30. The largest absolute Gasteiger partial charge is 0.444 e. The van der Waals surface area contributed by atoms with Crippen molar-refractivity contribution >= 4 is 6.09 Å². The van der Waals surface area contributed by atoms with Crippen molar-refractivity contribution in [1.82, 2.24) is 10.6 Å². The van der Waals surface area contributed by atoms with Gasteiger partial charge < -0.3 is 20.1 Å². The molecular weight excluding hydrogens is 280 g/mol. The molecule has 0 bridgehead atoms. The Balaban J connectivity index is 2.08. The summed E-state index contributed by atoms with van der Waals surface area (Å²) < 4.78 is 11.1. The first kappa shape index (κ1) is 18.8. The molecule has 1 rings (SSSR count). The van der Waals surface area contributed by atoms with E-state index in [1.165, 1.54) is 0 Å². The fourth-order valence-corrected chi connectivity index (χ4v) is 2.46. The summed E-state index contributed by atoms with van der Waals surface area (Å²) in [6.07, 6.45) is 9.97. The zero-order valence-corrected chi connectivity index (χ0v) is 14.1. The standard InChI is InChI=1S/C17H30N2O3/c1-5-11-18-12-6-13-21-15-9-7-14(8-10-15)19-16(20)22-17(2,3)4/h1,14-15,18H,6-13H2,2-4H3,(H,19,20). The maximum Gasteiger partial charge on any atom is 0.407 e. The molecule has 126 valence electrons. The van der Waals surface area contributed by atoms with Crippen molar-refractivity contribution in [2.45, 2.75) is 70.6 Å². The van der Waals surface area contributed by atoms with Crippen molar-refractivity contribution in [2.75, 3.05) is 19.7 Å². The molecule has 0 heterocycles. The van der Waals surface area contributed by atoms with Crippen LogP contribution in [0.25, 0.3) is 0 Å². The van der Waals surface area contributed by atoms with Gasteiger partial charge in [-0.2, -0.15) is 0 Å². The Morgan fingerprint density at radius 2 is 1.95 bits per heavy atom. The Morgan fingerprint density at radius 3 is 2.55 bits per heavy atom. The summed E-state index contributed by atoms with van der Waals surface area (Å²) in [5, 5.41) is 6.08. The molecule has 0 aromatic heterocycles. The Bertz CT molecular complexity index is 363. The van der Waals surface area contributed by atoms with Crippen LogP contribution in [0.15, 0.2) is 0 Å². The maximum absolute atomic E-state index is 11.7. The highest BCUT2D eigenvalue weighted by Gasteiger charge is 2.24. The van der Waals surface area contributed by atoms with Gasteiger partial charge in [-0.25, -0.2) is 4.79 Å².